The molecule has 1 unspecified atom stereocenters. The van der Waals surface area contributed by atoms with Crippen molar-refractivity contribution in [1.82, 2.24) is 0 Å². The van der Waals surface area contributed by atoms with E-state index in [9.17, 15) is 0 Å². The van der Waals surface area contributed by atoms with E-state index >= 15 is 0 Å². The van der Waals surface area contributed by atoms with Crippen LogP contribution in [0.5, 0.6) is 0 Å². The molecule has 0 aliphatic heterocycles. The molecule has 2 aliphatic rings. The lowest BCUT2D eigenvalue weighted by atomic mass is 9.87. The maximum Gasteiger partial charge on any atom is 0.0435 e. The fourth-order valence-electron chi connectivity index (χ4n) is 3.14. The number of hydrogen-bond donors (Lipinski definition) is 1. The van der Waals surface area contributed by atoms with Crippen LogP contribution >= 0.6 is 0 Å². The first-order chi connectivity index (χ1) is 10.1. The third kappa shape index (κ3) is 2.37. The van der Waals surface area contributed by atoms with E-state index in [0.717, 1.165) is 23.2 Å². The molecule has 2 N–H and O–H groups in total. The van der Waals surface area contributed by atoms with E-state index < -0.39 is 0 Å². The van der Waals surface area contributed by atoms with Crippen molar-refractivity contribution in [3.05, 3.63) is 59.2 Å². The third-order valence-corrected chi connectivity index (χ3v) is 4.70. The van der Waals surface area contributed by atoms with Gasteiger partial charge in [-0.05, 0) is 54.4 Å². The fraction of sp³-hybridized carbons (Fsp3) is 0.300. The van der Waals surface area contributed by atoms with Gasteiger partial charge in [-0.2, -0.15) is 0 Å². The van der Waals surface area contributed by atoms with Gasteiger partial charge in [-0.25, -0.2) is 0 Å². The first-order valence-corrected chi connectivity index (χ1v) is 7.65. The van der Waals surface area contributed by atoms with Crippen molar-refractivity contribution in [1.29, 1.82) is 0 Å². The van der Waals surface area contributed by atoms with Crippen LogP contribution in [0.15, 0.2) is 31.4 Å². The van der Waals surface area contributed by atoms with Gasteiger partial charge in [-0.15, -0.1) is 0 Å². The number of rotatable bonds is 5. The SMILES string of the molecule is C=Cc1c(C)c(C=C)c(C2CC2)c(N)c1C=CC1CC1=C. The van der Waals surface area contributed by atoms with E-state index in [4.69, 9.17) is 5.73 Å². The van der Waals surface area contributed by atoms with Gasteiger partial charge in [0, 0.05) is 17.2 Å². The van der Waals surface area contributed by atoms with E-state index in [1.165, 1.54) is 35.1 Å². The predicted octanol–water partition coefficient (Wildman–Crippen LogP) is 5.33. The molecule has 3 rings (SSSR count). The molecule has 2 aliphatic carbocycles. The minimum Gasteiger partial charge on any atom is -0.398 e. The van der Waals surface area contributed by atoms with Crippen LogP contribution in [-0.4, -0.2) is 0 Å². The van der Waals surface area contributed by atoms with Gasteiger partial charge in [0.25, 0.3) is 0 Å². The molecule has 0 spiro atoms. The third-order valence-electron chi connectivity index (χ3n) is 4.70. The summed E-state index contributed by atoms with van der Waals surface area (Å²) in [6, 6.07) is 0. The van der Waals surface area contributed by atoms with Crippen LogP contribution in [0.25, 0.3) is 18.2 Å². The Morgan fingerprint density at radius 1 is 1.10 bits per heavy atom. The average molecular weight is 277 g/mol. The zero-order chi connectivity index (χ0) is 15.1. The first kappa shape index (κ1) is 13.9. The molecule has 2 saturated carbocycles. The number of allylic oxidation sites excluding steroid dienone is 2. The van der Waals surface area contributed by atoms with Gasteiger partial charge in [0.2, 0.25) is 0 Å². The predicted molar refractivity (Wildman–Crippen MR) is 94.0 cm³/mol. The van der Waals surface area contributed by atoms with Crippen LogP contribution in [0.2, 0.25) is 0 Å². The minimum absolute atomic E-state index is 0.533. The molecule has 108 valence electrons. The number of hydrogen-bond acceptors (Lipinski definition) is 1. The lowest BCUT2D eigenvalue weighted by Crippen LogP contribution is -2.04. The highest BCUT2D eigenvalue weighted by molar-refractivity contribution is 5.84. The Morgan fingerprint density at radius 3 is 2.19 bits per heavy atom. The molecule has 0 aromatic heterocycles. The molecule has 0 radical (unpaired) electrons. The van der Waals surface area contributed by atoms with Crippen molar-refractivity contribution in [2.75, 3.05) is 5.73 Å². The smallest absolute Gasteiger partial charge is 0.0435 e. The van der Waals surface area contributed by atoms with Crippen LogP contribution in [-0.2, 0) is 0 Å². The van der Waals surface area contributed by atoms with Crippen molar-refractivity contribution in [2.24, 2.45) is 5.92 Å². The number of anilines is 1. The quantitative estimate of drug-likeness (QED) is 0.571. The van der Waals surface area contributed by atoms with Crippen LogP contribution in [0, 0.1) is 12.8 Å². The minimum atomic E-state index is 0.533. The number of nitrogens with two attached hydrogens (primary N) is 1. The van der Waals surface area contributed by atoms with Crippen LogP contribution < -0.4 is 5.73 Å². The molecule has 0 amide bonds. The Kier molecular flexibility index (Phi) is 3.36. The van der Waals surface area contributed by atoms with Crippen molar-refractivity contribution >= 4 is 23.9 Å². The molecular weight excluding hydrogens is 254 g/mol. The zero-order valence-corrected chi connectivity index (χ0v) is 12.8. The molecule has 2 fully saturated rings. The van der Waals surface area contributed by atoms with Crippen LogP contribution in [0.1, 0.15) is 53.0 Å². The van der Waals surface area contributed by atoms with E-state index in [0.29, 0.717) is 11.8 Å². The van der Waals surface area contributed by atoms with Gasteiger partial charge in [-0.3, -0.25) is 0 Å². The second kappa shape index (κ2) is 5.07. The van der Waals surface area contributed by atoms with Crippen molar-refractivity contribution < 1.29 is 0 Å². The largest absolute Gasteiger partial charge is 0.398 e. The molecule has 0 heterocycles. The highest BCUT2D eigenvalue weighted by Crippen LogP contribution is 2.48. The van der Waals surface area contributed by atoms with Gasteiger partial charge in [0.15, 0.2) is 0 Å². The second-order valence-electron chi connectivity index (χ2n) is 6.20. The van der Waals surface area contributed by atoms with E-state index in [-0.39, 0.29) is 0 Å². The lowest BCUT2D eigenvalue weighted by molar-refractivity contribution is 1.11. The maximum absolute atomic E-state index is 6.52. The van der Waals surface area contributed by atoms with Gasteiger partial charge in [0.05, 0.1) is 0 Å². The highest BCUT2D eigenvalue weighted by atomic mass is 14.6. The van der Waals surface area contributed by atoms with Crippen LogP contribution in [0.4, 0.5) is 5.69 Å². The zero-order valence-electron chi connectivity index (χ0n) is 12.8. The Balaban J connectivity index is 2.16. The normalized spacial score (nSPS) is 20.8. The second-order valence-corrected chi connectivity index (χ2v) is 6.20. The van der Waals surface area contributed by atoms with E-state index in [2.05, 4.69) is 38.8 Å². The first-order valence-electron chi connectivity index (χ1n) is 7.65. The lowest BCUT2D eigenvalue weighted by Gasteiger charge is -2.19. The van der Waals surface area contributed by atoms with Crippen molar-refractivity contribution in [2.45, 2.75) is 32.1 Å². The summed E-state index contributed by atoms with van der Waals surface area (Å²) in [4.78, 5) is 0. The summed E-state index contributed by atoms with van der Waals surface area (Å²) in [5.41, 5.74) is 14.7. The monoisotopic (exact) mass is 277 g/mol. The summed E-state index contributed by atoms with van der Waals surface area (Å²) in [6.45, 7) is 14.1. The Morgan fingerprint density at radius 2 is 1.71 bits per heavy atom. The summed E-state index contributed by atoms with van der Waals surface area (Å²) < 4.78 is 0. The van der Waals surface area contributed by atoms with E-state index in [1.54, 1.807) is 0 Å². The highest BCUT2D eigenvalue weighted by Gasteiger charge is 2.30. The van der Waals surface area contributed by atoms with Gasteiger partial charge >= 0.3 is 0 Å². The Labute approximate surface area is 127 Å². The molecule has 1 aromatic rings. The maximum atomic E-state index is 6.52. The van der Waals surface area contributed by atoms with Gasteiger partial charge in [-0.1, -0.05) is 49.6 Å². The summed E-state index contributed by atoms with van der Waals surface area (Å²) >= 11 is 0. The average Bonchev–Trinajstić information content (AvgIpc) is 3.36. The molecule has 0 saturated heterocycles. The fourth-order valence-corrected chi connectivity index (χ4v) is 3.14. The van der Waals surface area contributed by atoms with Crippen LogP contribution in [0.3, 0.4) is 0 Å². The van der Waals surface area contributed by atoms with Crippen molar-refractivity contribution in [3.8, 4) is 0 Å². The summed E-state index contributed by atoms with van der Waals surface area (Å²) in [7, 11) is 0. The molecule has 1 atom stereocenters. The Hall–Kier alpha value is -2.02. The number of benzene rings is 1. The topological polar surface area (TPSA) is 26.0 Å². The van der Waals surface area contributed by atoms with Crippen molar-refractivity contribution in [3.63, 3.8) is 0 Å². The summed E-state index contributed by atoms with van der Waals surface area (Å²) in [5, 5.41) is 0. The molecule has 21 heavy (non-hydrogen) atoms. The summed E-state index contributed by atoms with van der Waals surface area (Å²) in [6.07, 6.45) is 11.8. The molecule has 1 aromatic carbocycles. The molecular formula is C20H23N. The number of nitrogen functional groups attached to an aromatic ring is 1. The standard InChI is InChI=1S/C20H23N/c1-5-16-13(4)17(6-2)19(14-7-8-14)20(21)18(16)10-9-15-11-12(15)3/h5-6,9-10,14-15H,1-3,7-8,11,21H2,4H3. The van der Waals surface area contributed by atoms with Gasteiger partial charge < -0.3 is 5.73 Å². The van der Waals surface area contributed by atoms with Gasteiger partial charge in [0.1, 0.15) is 0 Å². The summed E-state index contributed by atoms with van der Waals surface area (Å²) in [5.74, 6) is 1.14. The molecule has 0 bridgehead atoms. The molecule has 1 nitrogen and oxygen atoms in total. The Bertz CT molecular complexity index is 672. The molecule has 1 heteroatoms. The van der Waals surface area contributed by atoms with E-state index in [1.807, 2.05) is 12.2 Å².